The molecule has 0 spiro atoms. The second-order valence-corrected chi connectivity index (χ2v) is 6.59. The van der Waals surface area contributed by atoms with E-state index in [-0.39, 0.29) is 5.91 Å². The Morgan fingerprint density at radius 2 is 1.77 bits per heavy atom. The summed E-state index contributed by atoms with van der Waals surface area (Å²) in [6.07, 6.45) is 5.80. The summed E-state index contributed by atoms with van der Waals surface area (Å²) in [5.41, 5.74) is 1.35. The Kier molecular flexibility index (Phi) is 5.11. The number of piperidine rings is 1. The van der Waals surface area contributed by atoms with Crippen molar-refractivity contribution in [2.45, 2.75) is 23.7 Å². The molecule has 1 aromatic carbocycles. The van der Waals surface area contributed by atoms with Gasteiger partial charge in [-0.15, -0.1) is 11.8 Å². The molecule has 1 saturated heterocycles. The first-order valence-electron chi connectivity index (χ1n) is 7.68. The zero-order chi connectivity index (χ0) is 15.2. The van der Waals surface area contributed by atoms with E-state index < -0.39 is 0 Å². The van der Waals surface area contributed by atoms with Crippen LogP contribution in [-0.2, 0) is 4.79 Å². The number of likely N-dealkylation sites (tertiary alicyclic amines) is 1. The van der Waals surface area contributed by atoms with Gasteiger partial charge in [-0.05, 0) is 48.6 Å². The van der Waals surface area contributed by atoms with Gasteiger partial charge < -0.3 is 4.90 Å². The van der Waals surface area contributed by atoms with Crippen LogP contribution < -0.4 is 0 Å². The zero-order valence-corrected chi connectivity index (χ0v) is 13.3. The Morgan fingerprint density at radius 3 is 2.45 bits per heavy atom. The Bertz CT molecular complexity index is 595. The van der Waals surface area contributed by atoms with E-state index in [9.17, 15) is 4.79 Å². The van der Waals surface area contributed by atoms with Crippen LogP contribution in [0, 0.1) is 0 Å². The van der Waals surface area contributed by atoms with Gasteiger partial charge >= 0.3 is 0 Å². The molecule has 0 saturated carbocycles. The number of thioether (sulfide) groups is 1. The lowest BCUT2D eigenvalue weighted by molar-refractivity contribution is -0.129. The summed E-state index contributed by atoms with van der Waals surface area (Å²) in [5, 5.41) is 0. The Hall–Kier alpha value is -1.81. The Balaban J connectivity index is 1.48. The third-order valence-electron chi connectivity index (χ3n) is 4.13. The fraction of sp³-hybridized carbons (Fsp3) is 0.333. The van der Waals surface area contributed by atoms with Gasteiger partial charge in [0.2, 0.25) is 5.91 Å². The molecule has 2 aromatic rings. The lowest BCUT2D eigenvalue weighted by atomic mass is 9.90. The zero-order valence-electron chi connectivity index (χ0n) is 12.5. The van der Waals surface area contributed by atoms with Crippen LogP contribution in [0.5, 0.6) is 0 Å². The molecule has 0 N–H and O–H groups in total. The number of hydrogen-bond donors (Lipinski definition) is 0. The molecule has 0 atom stereocenters. The average Bonchev–Trinajstić information content (AvgIpc) is 2.61. The number of carbonyl (C=O) groups excluding carboxylic acids is 1. The summed E-state index contributed by atoms with van der Waals surface area (Å²) in [7, 11) is 0. The summed E-state index contributed by atoms with van der Waals surface area (Å²) >= 11 is 1.62. The molecule has 1 aromatic heterocycles. The van der Waals surface area contributed by atoms with Gasteiger partial charge in [-0.3, -0.25) is 9.78 Å². The molecule has 0 unspecified atom stereocenters. The van der Waals surface area contributed by atoms with Gasteiger partial charge in [-0.2, -0.15) is 0 Å². The smallest absolute Gasteiger partial charge is 0.232 e. The molecule has 1 fully saturated rings. The minimum Gasteiger partial charge on any atom is -0.342 e. The summed E-state index contributed by atoms with van der Waals surface area (Å²) < 4.78 is 0. The van der Waals surface area contributed by atoms with E-state index in [1.165, 1.54) is 5.56 Å². The highest BCUT2D eigenvalue weighted by molar-refractivity contribution is 8.00. The van der Waals surface area contributed by atoms with Gasteiger partial charge in [0.15, 0.2) is 0 Å². The molecule has 4 heteroatoms. The molecule has 114 valence electrons. The topological polar surface area (TPSA) is 33.2 Å². The lowest BCUT2D eigenvalue weighted by Gasteiger charge is -2.32. The van der Waals surface area contributed by atoms with E-state index >= 15 is 0 Å². The fourth-order valence-corrected chi connectivity index (χ4v) is 3.67. The van der Waals surface area contributed by atoms with Crippen molar-refractivity contribution >= 4 is 17.7 Å². The molecular formula is C18H20N2OS. The first-order chi connectivity index (χ1) is 10.8. The standard InChI is InChI=1S/C18H20N2OS/c21-18(14-22-17-4-2-1-3-5-17)20-12-8-16(9-13-20)15-6-10-19-11-7-15/h1-7,10-11,16H,8-9,12-14H2. The van der Waals surface area contributed by atoms with E-state index in [4.69, 9.17) is 0 Å². The first kappa shape index (κ1) is 15.1. The summed E-state index contributed by atoms with van der Waals surface area (Å²) in [5.74, 6) is 1.35. The number of nitrogens with zero attached hydrogens (tertiary/aromatic N) is 2. The molecule has 3 nitrogen and oxygen atoms in total. The molecule has 3 rings (SSSR count). The fourth-order valence-electron chi connectivity index (χ4n) is 2.85. The van der Waals surface area contributed by atoms with E-state index in [1.807, 2.05) is 47.6 Å². The highest BCUT2D eigenvalue weighted by Gasteiger charge is 2.23. The molecule has 0 aliphatic carbocycles. The number of amides is 1. The van der Waals surface area contributed by atoms with Crippen LogP contribution in [0.25, 0.3) is 0 Å². The molecule has 1 aliphatic heterocycles. The van der Waals surface area contributed by atoms with E-state index in [0.717, 1.165) is 30.8 Å². The van der Waals surface area contributed by atoms with Crippen molar-refractivity contribution in [2.75, 3.05) is 18.8 Å². The summed E-state index contributed by atoms with van der Waals surface area (Å²) in [4.78, 5) is 19.5. The van der Waals surface area contributed by atoms with Crippen LogP contribution in [0.15, 0.2) is 59.8 Å². The molecular weight excluding hydrogens is 292 g/mol. The third-order valence-corrected chi connectivity index (χ3v) is 5.13. The maximum absolute atomic E-state index is 12.3. The quantitative estimate of drug-likeness (QED) is 0.809. The summed E-state index contributed by atoms with van der Waals surface area (Å²) in [6, 6.07) is 14.3. The number of carbonyl (C=O) groups is 1. The predicted octanol–water partition coefficient (Wildman–Crippen LogP) is 3.58. The normalized spacial score (nSPS) is 15.7. The molecule has 22 heavy (non-hydrogen) atoms. The number of hydrogen-bond acceptors (Lipinski definition) is 3. The first-order valence-corrected chi connectivity index (χ1v) is 8.67. The van der Waals surface area contributed by atoms with Crippen molar-refractivity contribution in [3.63, 3.8) is 0 Å². The monoisotopic (exact) mass is 312 g/mol. The van der Waals surface area contributed by atoms with E-state index in [0.29, 0.717) is 11.7 Å². The van der Waals surface area contributed by atoms with Crippen LogP contribution in [0.2, 0.25) is 0 Å². The van der Waals surface area contributed by atoms with Gasteiger partial charge in [0, 0.05) is 30.4 Å². The van der Waals surface area contributed by atoms with Crippen molar-refractivity contribution in [2.24, 2.45) is 0 Å². The van der Waals surface area contributed by atoms with Crippen molar-refractivity contribution in [1.29, 1.82) is 0 Å². The maximum Gasteiger partial charge on any atom is 0.232 e. The largest absolute Gasteiger partial charge is 0.342 e. The van der Waals surface area contributed by atoms with Crippen molar-refractivity contribution in [3.8, 4) is 0 Å². The highest BCUT2D eigenvalue weighted by atomic mass is 32.2. The van der Waals surface area contributed by atoms with Crippen LogP contribution in [0.1, 0.15) is 24.3 Å². The van der Waals surface area contributed by atoms with E-state index in [2.05, 4.69) is 17.1 Å². The number of aromatic nitrogens is 1. The van der Waals surface area contributed by atoms with Gasteiger partial charge in [-0.1, -0.05) is 18.2 Å². The highest BCUT2D eigenvalue weighted by Crippen LogP contribution is 2.28. The van der Waals surface area contributed by atoms with Crippen molar-refractivity contribution in [1.82, 2.24) is 9.88 Å². The second-order valence-electron chi connectivity index (χ2n) is 5.54. The molecule has 1 amide bonds. The average molecular weight is 312 g/mol. The summed E-state index contributed by atoms with van der Waals surface area (Å²) in [6.45, 7) is 1.72. The van der Waals surface area contributed by atoms with E-state index in [1.54, 1.807) is 11.8 Å². The van der Waals surface area contributed by atoms with Crippen LogP contribution in [0.3, 0.4) is 0 Å². The van der Waals surface area contributed by atoms with Gasteiger partial charge in [0.25, 0.3) is 0 Å². The van der Waals surface area contributed by atoms with Crippen molar-refractivity contribution < 1.29 is 4.79 Å². The SMILES string of the molecule is O=C(CSc1ccccc1)N1CCC(c2ccncc2)CC1. The predicted molar refractivity (Wildman–Crippen MR) is 90.0 cm³/mol. The second kappa shape index (κ2) is 7.45. The van der Waals surface area contributed by atoms with Gasteiger partial charge in [-0.25, -0.2) is 0 Å². The lowest BCUT2D eigenvalue weighted by Crippen LogP contribution is -2.38. The minimum atomic E-state index is 0.252. The molecule has 1 aliphatic rings. The third kappa shape index (κ3) is 3.89. The molecule has 0 bridgehead atoms. The van der Waals surface area contributed by atoms with Crippen LogP contribution in [-0.4, -0.2) is 34.6 Å². The molecule has 0 radical (unpaired) electrons. The van der Waals surface area contributed by atoms with Crippen LogP contribution >= 0.6 is 11.8 Å². The van der Waals surface area contributed by atoms with Crippen LogP contribution in [0.4, 0.5) is 0 Å². The number of pyridine rings is 1. The molecule has 2 heterocycles. The van der Waals surface area contributed by atoms with Gasteiger partial charge in [0.05, 0.1) is 5.75 Å². The Labute approximate surface area is 135 Å². The van der Waals surface area contributed by atoms with Crippen molar-refractivity contribution in [3.05, 3.63) is 60.4 Å². The number of benzene rings is 1. The van der Waals surface area contributed by atoms with Gasteiger partial charge in [0.1, 0.15) is 0 Å². The maximum atomic E-state index is 12.3. The Morgan fingerprint density at radius 1 is 1.09 bits per heavy atom. The minimum absolute atomic E-state index is 0.252. The number of rotatable bonds is 4.